The Morgan fingerprint density at radius 1 is 1.56 bits per heavy atom. The number of para-hydroxylation sites is 1. The van der Waals surface area contributed by atoms with Crippen molar-refractivity contribution in [3.8, 4) is 5.75 Å². The fraction of sp³-hybridized carbons (Fsp3) is 0.417. The number of carbonyl (C=O) groups excluding carboxylic acids is 1. The summed E-state index contributed by atoms with van der Waals surface area (Å²) in [6, 6.07) is 7.67. The number of rotatable bonds is 3. The van der Waals surface area contributed by atoms with Gasteiger partial charge in [0, 0.05) is 25.0 Å². The van der Waals surface area contributed by atoms with Crippen LogP contribution >= 0.6 is 11.6 Å². The highest BCUT2D eigenvalue weighted by Crippen LogP contribution is 2.34. The molecular formula is C12H14ClNO2. The number of hydrogen-bond donors (Lipinski definition) is 0. The van der Waals surface area contributed by atoms with Crippen molar-refractivity contribution in [3.05, 3.63) is 29.8 Å². The van der Waals surface area contributed by atoms with Gasteiger partial charge in [0.05, 0.1) is 0 Å². The minimum absolute atomic E-state index is 0.0746. The Bertz CT molecular complexity index is 394. The third kappa shape index (κ3) is 2.00. The first kappa shape index (κ1) is 11.3. The summed E-state index contributed by atoms with van der Waals surface area (Å²) in [5.74, 6) is 1.17. The van der Waals surface area contributed by atoms with Gasteiger partial charge in [0.1, 0.15) is 18.3 Å². The number of hydrogen-bond acceptors (Lipinski definition) is 2. The molecule has 0 radical (unpaired) electrons. The van der Waals surface area contributed by atoms with Gasteiger partial charge in [0.25, 0.3) is 0 Å². The Morgan fingerprint density at radius 3 is 3.06 bits per heavy atom. The number of fused-ring (bicyclic) bond motifs is 1. The lowest BCUT2D eigenvalue weighted by molar-refractivity contribution is -0.131. The van der Waals surface area contributed by atoms with Crippen molar-refractivity contribution >= 4 is 17.5 Å². The predicted molar refractivity (Wildman–Crippen MR) is 63.0 cm³/mol. The molecule has 1 heterocycles. The van der Waals surface area contributed by atoms with E-state index in [-0.39, 0.29) is 11.8 Å². The number of ether oxygens (including phenoxy) is 1. The maximum absolute atomic E-state index is 12.1. The van der Waals surface area contributed by atoms with Crippen LogP contribution in [0.4, 0.5) is 0 Å². The van der Waals surface area contributed by atoms with Gasteiger partial charge in [-0.1, -0.05) is 18.2 Å². The zero-order valence-electron chi connectivity index (χ0n) is 9.15. The zero-order valence-corrected chi connectivity index (χ0v) is 9.91. The molecule has 1 aromatic carbocycles. The molecule has 16 heavy (non-hydrogen) atoms. The molecular weight excluding hydrogens is 226 g/mol. The second-order valence-corrected chi connectivity index (χ2v) is 4.23. The van der Waals surface area contributed by atoms with Crippen molar-refractivity contribution in [2.75, 3.05) is 26.1 Å². The average molecular weight is 240 g/mol. The molecule has 0 spiro atoms. The van der Waals surface area contributed by atoms with E-state index in [1.807, 2.05) is 24.3 Å². The standard InChI is InChI=1S/C12H14ClNO2/c1-14(7-6-13)12(15)10-8-16-11-5-3-2-4-9(10)11/h2-5,10H,6-8H2,1H3. The number of likely N-dealkylation sites (N-methyl/N-ethyl adjacent to an activating group) is 1. The van der Waals surface area contributed by atoms with Crippen LogP contribution in [0.25, 0.3) is 0 Å². The molecule has 0 N–H and O–H groups in total. The van der Waals surface area contributed by atoms with E-state index in [0.717, 1.165) is 11.3 Å². The summed E-state index contributed by atoms with van der Waals surface area (Å²) in [7, 11) is 1.77. The van der Waals surface area contributed by atoms with Gasteiger partial charge in [-0.25, -0.2) is 0 Å². The van der Waals surface area contributed by atoms with Crippen molar-refractivity contribution < 1.29 is 9.53 Å². The normalized spacial score (nSPS) is 17.8. The van der Waals surface area contributed by atoms with E-state index in [9.17, 15) is 4.79 Å². The minimum atomic E-state index is -0.176. The summed E-state index contributed by atoms with van der Waals surface area (Å²) < 4.78 is 5.48. The van der Waals surface area contributed by atoms with Crippen LogP contribution < -0.4 is 4.74 Å². The van der Waals surface area contributed by atoms with Crippen LogP contribution in [0.5, 0.6) is 5.75 Å². The maximum atomic E-state index is 12.1. The van der Waals surface area contributed by atoms with Gasteiger partial charge in [-0.05, 0) is 6.07 Å². The quantitative estimate of drug-likeness (QED) is 0.754. The Hall–Kier alpha value is -1.22. The highest BCUT2D eigenvalue weighted by atomic mass is 35.5. The number of benzene rings is 1. The van der Waals surface area contributed by atoms with E-state index in [0.29, 0.717) is 19.0 Å². The van der Waals surface area contributed by atoms with E-state index in [2.05, 4.69) is 0 Å². The molecule has 86 valence electrons. The van der Waals surface area contributed by atoms with Crippen molar-refractivity contribution in [2.24, 2.45) is 0 Å². The van der Waals surface area contributed by atoms with E-state index in [1.54, 1.807) is 11.9 Å². The fourth-order valence-electron chi connectivity index (χ4n) is 1.87. The lowest BCUT2D eigenvalue weighted by Gasteiger charge is -2.19. The molecule has 4 heteroatoms. The lowest BCUT2D eigenvalue weighted by Crippen LogP contribution is -2.33. The number of amides is 1. The third-order valence-corrected chi connectivity index (χ3v) is 2.96. The predicted octanol–water partition coefficient (Wildman–Crippen LogP) is 1.86. The monoisotopic (exact) mass is 239 g/mol. The minimum Gasteiger partial charge on any atom is -0.492 e. The Kier molecular flexibility index (Phi) is 3.34. The molecule has 0 fully saturated rings. The van der Waals surface area contributed by atoms with Gasteiger partial charge < -0.3 is 9.64 Å². The highest BCUT2D eigenvalue weighted by Gasteiger charge is 2.31. The van der Waals surface area contributed by atoms with Gasteiger partial charge in [0.2, 0.25) is 5.91 Å². The van der Waals surface area contributed by atoms with Crippen LogP contribution in [-0.4, -0.2) is 36.9 Å². The molecule has 1 aliphatic heterocycles. The Balaban J connectivity index is 2.16. The molecule has 1 unspecified atom stereocenters. The van der Waals surface area contributed by atoms with Gasteiger partial charge >= 0.3 is 0 Å². The maximum Gasteiger partial charge on any atom is 0.233 e. The van der Waals surface area contributed by atoms with Crippen LogP contribution in [-0.2, 0) is 4.79 Å². The molecule has 3 nitrogen and oxygen atoms in total. The summed E-state index contributed by atoms with van der Waals surface area (Å²) in [6.07, 6.45) is 0. The summed E-state index contributed by atoms with van der Waals surface area (Å²) >= 11 is 5.62. The third-order valence-electron chi connectivity index (χ3n) is 2.79. The van der Waals surface area contributed by atoms with Crippen molar-refractivity contribution in [1.82, 2.24) is 4.90 Å². The molecule has 1 aliphatic rings. The lowest BCUT2D eigenvalue weighted by atomic mass is 10.00. The van der Waals surface area contributed by atoms with Crippen LogP contribution in [0.2, 0.25) is 0 Å². The Labute approximate surface area is 100.0 Å². The summed E-state index contributed by atoms with van der Waals surface area (Å²) in [6.45, 7) is 1.00. The summed E-state index contributed by atoms with van der Waals surface area (Å²) in [5, 5.41) is 0. The molecule has 0 aromatic heterocycles. The van der Waals surface area contributed by atoms with Crippen LogP contribution in [0.3, 0.4) is 0 Å². The number of halogens is 1. The van der Waals surface area contributed by atoms with Crippen molar-refractivity contribution in [2.45, 2.75) is 5.92 Å². The molecule has 1 amide bonds. The molecule has 1 atom stereocenters. The van der Waals surface area contributed by atoms with Gasteiger partial charge in [-0.3, -0.25) is 4.79 Å². The van der Waals surface area contributed by atoms with Crippen LogP contribution in [0.1, 0.15) is 11.5 Å². The molecule has 0 bridgehead atoms. The van der Waals surface area contributed by atoms with Gasteiger partial charge in [0.15, 0.2) is 0 Å². The number of carbonyl (C=O) groups is 1. The van der Waals surface area contributed by atoms with E-state index >= 15 is 0 Å². The summed E-state index contributed by atoms with van der Waals surface area (Å²) in [4.78, 5) is 13.7. The largest absolute Gasteiger partial charge is 0.492 e. The zero-order chi connectivity index (χ0) is 11.5. The second kappa shape index (κ2) is 4.74. The average Bonchev–Trinajstić information content (AvgIpc) is 2.72. The van der Waals surface area contributed by atoms with Crippen LogP contribution in [0, 0.1) is 0 Å². The van der Waals surface area contributed by atoms with Gasteiger partial charge in [-0.15, -0.1) is 11.6 Å². The van der Waals surface area contributed by atoms with Crippen LogP contribution in [0.15, 0.2) is 24.3 Å². The SMILES string of the molecule is CN(CCCl)C(=O)C1COc2ccccc21. The van der Waals surface area contributed by atoms with Crippen molar-refractivity contribution in [1.29, 1.82) is 0 Å². The van der Waals surface area contributed by atoms with E-state index in [4.69, 9.17) is 16.3 Å². The first-order valence-electron chi connectivity index (χ1n) is 5.26. The molecule has 2 rings (SSSR count). The first-order chi connectivity index (χ1) is 7.74. The van der Waals surface area contributed by atoms with E-state index < -0.39 is 0 Å². The molecule has 0 saturated carbocycles. The smallest absolute Gasteiger partial charge is 0.233 e. The molecule has 1 aromatic rings. The van der Waals surface area contributed by atoms with Crippen molar-refractivity contribution in [3.63, 3.8) is 0 Å². The fourth-order valence-corrected chi connectivity index (χ4v) is 2.12. The topological polar surface area (TPSA) is 29.5 Å². The Morgan fingerprint density at radius 2 is 2.31 bits per heavy atom. The second-order valence-electron chi connectivity index (χ2n) is 3.85. The number of nitrogens with zero attached hydrogens (tertiary/aromatic N) is 1. The van der Waals surface area contributed by atoms with Gasteiger partial charge in [-0.2, -0.15) is 0 Å². The molecule has 0 saturated heterocycles. The summed E-state index contributed by atoms with van der Waals surface area (Å²) in [5.41, 5.74) is 0.980. The molecule has 0 aliphatic carbocycles. The highest BCUT2D eigenvalue weighted by molar-refractivity contribution is 6.18. The van der Waals surface area contributed by atoms with E-state index in [1.165, 1.54) is 0 Å². The number of alkyl halides is 1. The first-order valence-corrected chi connectivity index (χ1v) is 5.80.